The van der Waals surface area contributed by atoms with E-state index in [0.29, 0.717) is 23.4 Å². The Morgan fingerprint density at radius 2 is 1.94 bits per heavy atom. The second kappa shape index (κ2) is 7.87. The number of aromatic nitrogens is 1. The van der Waals surface area contributed by atoms with Crippen LogP contribution in [0.3, 0.4) is 0 Å². The summed E-state index contributed by atoms with van der Waals surface area (Å²) in [6, 6.07) is 11.3. The van der Waals surface area contributed by atoms with Crippen LogP contribution in [-0.2, 0) is 13.1 Å². The van der Waals surface area contributed by atoms with Crippen LogP contribution in [0.15, 0.2) is 48.4 Å². The summed E-state index contributed by atoms with van der Waals surface area (Å²) in [7, 11) is 2.12. The standard InChI is InChI=1S/C25H27N3O3/c1-3-28-15-17(18-6-4-5-7-21(18)28)14-23-24(30)19-8-9-22(29)20(25(19)31-23)16-27-12-10-26(2)11-13-27/h4-9,14-15,29H,3,10-13,16H2,1-2H3/b23-14+. The molecular weight excluding hydrogens is 390 g/mol. The Hall–Kier alpha value is -3.09. The fourth-order valence-corrected chi connectivity index (χ4v) is 4.61. The van der Waals surface area contributed by atoms with Crippen molar-refractivity contribution < 1.29 is 19.5 Å². The number of allylic oxidation sites excluding steroid dienone is 1. The number of hydrogen-bond donors (Lipinski definition) is 1. The molecule has 1 N–H and O–H groups in total. The number of ketones is 1. The number of benzene rings is 2. The first-order valence-electron chi connectivity index (χ1n) is 10.9. The average molecular weight is 418 g/mol. The van der Waals surface area contributed by atoms with Crippen molar-refractivity contribution in [3.05, 3.63) is 65.0 Å². The van der Waals surface area contributed by atoms with E-state index in [-0.39, 0.29) is 17.3 Å². The first-order chi connectivity index (χ1) is 15.0. The van der Waals surface area contributed by atoms with Crippen LogP contribution in [0.25, 0.3) is 17.0 Å². The molecule has 1 aromatic heterocycles. The van der Waals surface area contributed by atoms with Crippen LogP contribution < -0.4 is 14.7 Å². The van der Waals surface area contributed by atoms with E-state index in [0.717, 1.165) is 49.2 Å². The van der Waals surface area contributed by atoms with Crippen LogP contribution in [0.4, 0.5) is 0 Å². The zero-order valence-corrected chi connectivity index (χ0v) is 18.0. The Labute approximate surface area is 181 Å². The maximum atomic E-state index is 13.1. The minimum absolute atomic E-state index is 0.0539. The van der Waals surface area contributed by atoms with Gasteiger partial charge < -0.3 is 19.3 Å². The normalized spacial score (nSPS) is 18.6. The summed E-state index contributed by atoms with van der Waals surface area (Å²) in [5.74, 6) is 0.531. The third-order valence-corrected chi connectivity index (χ3v) is 6.47. The molecule has 31 heavy (non-hydrogen) atoms. The molecule has 2 aromatic carbocycles. The number of ether oxygens (including phenoxy) is 1. The summed E-state index contributed by atoms with van der Waals surface area (Å²) in [5.41, 5.74) is 3.18. The number of likely N-dealkylation sites (N-methyl/N-ethyl adjacent to an activating group) is 1. The number of carbonyl (C=O) groups is 1. The van der Waals surface area contributed by atoms with Crippen LogP contribution in [0.2, 0.25) is 0 Å². The molecule has 0 atom stereocenters. The first-order valence-corrected chi connectivity index (χ1v) is 10.9. The van der Waals surface area contributed by atoms with Crippen LogP contribution >= 0.6 is 0 Å². The highest BCUT2D eigenvalue weighted by atomic mass is 16.5. The Balaban J connectivity index is 1.49. The molecule has 3 heterocycles. The second-order valence-corrected chi connectivity index (χ2v) is 8.48. The summed E-state index contributed by atoms with van der Waals surface area (Å²) in [6.45, 7) is 7.50. The molecule has 3 aromatic rings. The minimum Gasteiger partial charge on any atom is -0.872 e. The number of piperazine rings is 1. The fourth-order valence-electron chi connectivity index (χ4n) is 4.61. The molecular formula is C25H27N3O3. The number of nitrogens with zero attached hydrogens (tertiary/aromatic N) is 2. The van der Waals surface area contributed by atoms with Crippen molar-refractivity contribution in [2.24, 2.45) is 0 Å². The summed E-state index contributed by atoms with van der Waals surface area (Å²) >= 11 is 0. The van der Waals surface area contributed by atoms with E-state index in [1.54, 1.807) is 6.07 Å². The molecule has 0 spiro atoms. The van der Waals surface area contributed by atoms with Crippen LogP contribution in [0.1, 0.15) is 28.4 Å². The lowest BCUT2D eigenvalue weighted by Crippen LogP contribution is -3.13. The highest BCUT2D eigenvalue weighted by Gasteiger charge is 2.31. The topological polar surface area (TPSA) is 62.0 Å². The third-order valence-electron chi connectivity index (χ3n) is 6.47. The van der Waals surface area contributed by atoms with Gasteiger partial charge in [0.05, 0.1) is 18.7 Å². The molecule has 0 unspecified atom stereocenters. The molecule has 0 aliphatic carbocycles. The maximum Gasteiger partial charge on any atom is 0.231 e. The fraction of sp³-hybridized carbons (Fsp3) is 0.320. The van der Waals surface area contributed by atoms with E-state index in [1.165, 1.54) is 11.0 Å². The predicted octanol–water partition coefficient (Wildman–Crippen LogP) is 1.68. The molecule has 0 bridgehead atoms. The van der Waals surface area contributed by atoms with Crippen molar-refractivity contribution >= 4 is 22.8 Å². The molecule has 6 heteroatoms. The van der Waals surface area contributed by atoms with E-state index >= 15 is 0 Å². The largest absolute Gasteiger partial charge is 0.872 e. The Kier molecular flexibility index (Phi) is 5.04. The van der Waals surface area contributed by atoms with Gasteiger partial charge in [-0.15, -0.1) is 0 Å². The van der Waals surface area contributed by atoms with Crippen molar-refractivity contribution in [1.29, 1.82) is 0 Å². The van der Waals surface area contributed by atoms with E-state index in [1.807, 2.05) is 24.4 Å². The quantitative estimate of drug-likeness (QED) is 0.657. The molecule has 5 rings (SSSR count). The average Bonchev–Trinajstić information content (AvgIpc) is 3.30. The van der Waals surface area contributed by atoms with Gasteiger partial charge in [0.15, 0.2) is 5.76 Å². The van der Waals surface area contributed by atoms with Gasteiger partial charge in [-0.25, -0.2) is 0 Å². The molecule has 6 nitrogen and oxygen atoms in total. The molecule has 2 aliphatic rings. The summed E-state index contributed by atoms with van der Waals surface area (Å²) < 4.78 is 8.23. The van der Waals surface area contributed by atoms with Gasteiger partial charge in [-0.1, -0.05) is 30.0 Å². The number of nitrogens with one attached hydrogen (secondary N) is 1. The summed E-state index contributed by atoms with van der Waals surface area (Å²) in [5, 5.41) is 13.7. The van der Waals surface area contributed by atoms with E-state index in [9.17, 15) is 9.90 Å². The highest BCUT2D eigenvalue weighted by molar-refractivity contribution is 6.15. The summed E-state index contributed by atoms with van der Waals surface area (Å²) in [6.07, 6.45) is 3.86. The van der Waals surface area contributed by atoms with Crippen molar-refractivity contribution in [2.75, 3.05) is 33.2 Å². The van der Waals surface area contributed by atoms with Gasteiger partial charge in [0.1, 0.15) is 12.3 Å². The van der Waals surface area contributed by atoms with E-state index in [4.69, 9.17) is 4.74 Å². The van der Waals surface area contributed by atoms with Crippen molar-refractivity contribution in [3.63, 3.8) is 0 Å². The Bertz CT molecular complexity index is 1190. The van der Waals surface area contributed by atoms with Gasteiger partial charge in [-0.3, -0.25) is 9.69 Å². The van der Waals surface area contributed by atoms with Gasteiger partial charge in [0.25, 0.3) is 0 Å². The van der Waals surface area contributed by atoms with Crippen molar-refractivity contribution in [1.82, 2.24) is 9.47 Å². The molecule has 1 saturated heterocycles. The first kappa shape index (κ1) is 19.8. The lowest BCUT2D eigenvalue weighted by atomic mass is 10.0. The number of rotatable bonds is 4. The number of quaternary nitrogens is 1. The van der Waals surface area contributed by atoms with Gasteiger partial charge in [0.2, 0.25) is 5.78 Å². The number of Topliss-reactive ketones (excluding diaryl/α,β-unsaturated/α-hetero) is 1. The lowest BCUT2D eigenvalue weighted by molar-refractivity contribution is -0.918. The number of carbonyl (C=O) groups excluding carboxylic acids is 1. The molecule has 0 radical (unpaired) electrons. The molecule has 0 saturated carbocycles. The van der Waals surface area contributed by atoms with Crippen LogP contribution in [-0.4, -0.2) is 48.5 Å². The minimum atomic E-state index is -0.155. The molecule has 0 amide bonds. The van der Waals surface area contributed by atoms with E-state index < -0.39 is 0 Å². The summed E-state index contributed by atoms with van der Waals surface area (Å²) in [4.78, 5) is 16.7. The maximum absolute atomic E-state index is 13.1. The predicted molar refractivity (Wildman–Crippen MR) is 118 cm³/mol. The van der Waals surface area contributed by atoms with Crippen LogP contribution in [0.5, 0.6) is 11.5 Å². The molecule has 2 aliphatic heterocycles. The number of fused-ring (bicyclic) bond motifs is 2. The zero-order valence-electron chi connectivity index (χ0n) is 18.0. The van der Waals surface area contributed by atoms with Gasteiger partial charge in [-0.05, 0) is 32.2 Å². The SMILES string of the molecule is CCn1cc(/C=C2/Oc3c(ccc([O-])c3C[NH+]3CCN(C)CC3)C2=O)c2ccccc21. The lowest BCUT2D eigenvalue weighted by Gasteiger charge is -2.30. The monoisotopic (exact) mass is 417 g/mol. The smallest absolute Gasteiger partial charge is 0.231 e. The zero-order chi connectivity index (χ0) is 21.5. The Morgan fingerprint density at radius 3 is 2.71 bits per heavy atom. The van der Waals surface area contributed by atoms with Crippen molar-refractivity contribution in [3.8, 4) is 11.5 Å². The van der Waals surface area contributed by atoms with Gasteiger partial charge >= 0.3 is 0 Å². The van der Waals surface area contributed by atoms with Crippen LogP contribution in [0, 0.1) is 0 Å². The van der Waals surface area contributed by atoms with E-state index in [2.05, 4.69) is 35.6 Å². The number of aryl methyl sites for hydroxylation is 1. The number of hydrogen-bond acceptors (Lipinski definition) is 4. The van der Waals surface area contributed by atoms with Gasteiger partial charge in [0, 0.05) is 47.9 Å². The molecule has 1 fully saturated rings. The highest BCUT2D eigenvalue weighted by Crippen LogP contribution is 2.38. The second-order valence-electron chi connectivity index (χ2n) is 8.48. The number of para-hydroxylation sites is 1. The third kappa shape index (κ3) is 3.52. The Morgan fingerprint density at radius 1 is 1.16 bits per heavy atom. The van der Waals surface area contributed by atoms with Crippen molar-refractivity contribution in [2.45, 2.75) is 20.0 Å². The molecule has 160 valence electrons. The van der Waals surface area contributed by atoms with Gasteiger partial charge in [-0.2, -0.15) is 0 Å².